The van der Waals surface area contributed by atoms with Crippen molar-refractivity contribution in [1.29, 1.82) is 0 Å². The van der Waals surface area contributed by atoms with Crippen molar-refractivity contribution in [2.75, 3.05) is 12.4 Å². The van der Waals surface area contributed by atoms with E-state index >= 15 is 0 Å². The Hall–Kier alpha value is -2.55. The van der Waals surface area contributed by atoms with Gasteiger partial charge in [-0.3, -0.25) is 4.79 Å². The summed E-state index contributed by atoms with van der Waals surface area (Å²) in [4.78, 5) is 22.8. The Bertz CT molecular complexity index is 1140. The van der Waals surface area contributed by atoms with E-state index < -0.39 is 0 Å². The average molecular weight is 502 g/mol. The first-order chi connectivity index (χ1) is 14.1. The molecule has 0 amide bonds. The number of aromatic nitrogens is 2. The molecule has 0 aliphatic carbocycles. The van der Waals surface area contributed by atoms with Gasteiger partial charge in [-0.05, 0) is 19.1 Å². The Morgan fingerprint density at radius 2 is 1.80 bits per heavy atom. The van der Waals surface area contributed by atoms with Crippen LogP contribution in [0, 0.1) is 6.92 Å². The largest absolute Gasteiger partial charge is 0.495 e. The molecule has 4 aromatic rings. The fraction of sp³-hybridized carbons (Fsp3) is 0.136. The lowest BCUT2D eigenvalue weighted by molar-refractivity contribution is 0.0993. The lowest BCUT2D eigenvalue weighted by Gasteiger charge is -2.07. The first kappa shape index (κ1) is 22.1. The van der Waals surface area contributed by atoms with Crippen LogP contribution in [0.1, 0.15) is 21.1 Å². The van der Waals surface area contributed by atoms with Gasteiger partial charge < -0.3 is 10.1 Å². The Morgan fingerprint density at radius 3 is 2.57 bits per heavy atom. The Morgan fingerprint density at radius 1 is 1.07 bits per heavy atom. The number of thiazole rings is 2. The predicted molar refractivity (Wildman–Crippen MR) is 129 cm³/mol. The summed E-state index contributed by atoms with van der Waals surface area (Å²) >= 11 is 3.04. The van der Waals surface area contributed by atoms with Crippen LogP contribution in [0.25, 0.3) is 10.6 Å². The molecular formula is C22H20BrN3O2S2. The van der Waals surface area contributed by atoms with Crippen molar-refractivity contribution < 1.29 is 9.53 Å². The Labute approximate surface area is 193 Å². The number of carbonyl (C=O) groups excluding carboxylic acids is 1. The maximum Gasteiger partial charge on any atom is 0.187 e. The quantitative estimate of drug-likeness (QED) is 0.299. The van der Waals surface area contributed by atoms with Gasteiger partial charge >= 0.3 is 0 Å². The minimum atomic E-state index is 0. The lowest BCUT2D eigenvalue weighted by Crippen LogP contribution is -2.02. The minimum Gasteiger partial charge on any atom is -0.495 e. The van der Waals surface area contributed by atoms with Crippen LogP contribution in [0.4, 0.5) is 10.8 Å². The zero-order valence-corrected chi connectivity index (χ0v) is 19.8. The van der Waals surface area contributed by atoms with Gasteiger partial charge in [-0.15, -0.1) is 39.7 Å². The molecule has 0 unspecified atom stereocenters. The molecule has 1 N–H and O–H groups in total. The second-order valence-electron chi connectivity index (χ2n) is 6.35. The standard InChI is InChI=1S/C22H19N3O2S2.BrH/c1-14-21(29-20(23-14)12-18(26)15-8-4-3-5-9-15)17-13-28-22(25-17)24-16-10-6-7-11-19(16)27-2;/h3-11,13H,12H2,1-2H3,(H,24,25);1H. The number of benzene rings is 2. The molecule has 0 aliphatic heterocycles. The van der Waals surface area contributed by atoms with Gasteiger partial charge in [-0.25, -0.2) is 9.97 Å². The zero-order valence-electron chi connectivity index (χ0n) is 16.4. The summed E-state index contributed by atoms with van der Waals surface area (Å²) < 4.78 is 5.38. The van der Waals surface area contributed by atoms with Crippen molar-refractivity contribution in [3.63, 3.8) is 0 Å². The number of nitrogens with zero attached hydrogens (tertiary/aromatic N) is 2. The van der Waals surface area contributed by atoms with Gasteiger partial charge in [0.1, 0.15) is 10.8 Å². The molecular weight excluding hydrogens is 482 g/mol. The highest BCUT2D eigenvalue weighted by Gasteiger charge is 2.16. The molecule has 154 valence electrons. The second-order valence-corrected chi connectivity index (χ2v) is 8.29. The maximum atomic E-state index is 12.5. The van der Waals surface area contributed by atoms with E-state index in [4.69, 9.17) is 9.72 Å². The number of nitrogens with one attached hydrogen (secondary N) is 1. The van der Waals surface area contributed by atoms with Gasteiger partial charge in [0.15, 0.2) is 10.9 Å². The summed E-state index contributed by atoms with van der Waals surface area (Å²) in [5, 5.41) is 6.89. The van der Waals surface area contributed by atoms with Crippen LogP contribution in [0.2, 0.25) is 0 Å². The highest BCUT2D eigenvalue weighted by Crippen LogP contribution is 2.35. The molecule has 2 aromatic carbocycles. The van der Waals surface area contributed by atoms with Crippen LogP contribution in [0.15, 0.2) is 60.0 Å². The molecule has 0 saturated carbocycles. The van der Waals surface area contributed by atoms with Crippen molar-refractivity contribution in [1.82, 2.24) is 9.97 Å². The molecule has 0 aliphatic rings. The van der Waals surface area contributed by atoms with Crippen molar-refractivity contribution >= 4 is 56.3 Å². The molecule has 0 radical (unpaired) electrons. The molecule has 5 nitrogen and oxygen atoms in total. The third kappa shape index (κ3) is 4.95. The molecule has 2 heterocycles. The smallest absolute Gasteiger partial charge is 0.187 e. The van der Waals surface area contributed by atoms with Gasteiger partial charge in [0.05, 0.1) is 35.5 Å². The first-order valence-corrected chi connectivity index (χ1v) is 10.7. The summed E-state index contributed by atoms with van der Waals surface area (Å²) in [5.74, 6) is 0.836. The number of Topliss-reactive ketones (excluding diaryl/α,β-unsaturated/α-hetero) is 1. The Kier molecular flexibility index (Phi) is 7.36. The van der Waals surface area contributed by atoms with Gasteiger partial charge in [0, 0.05) is 10.9 Å². The third-order valence-electron chi connectivity index (χ3n) is 4.33. The second kappa shape index (κ2) is 9.97. The lowest BCUT2D eigenvalue weighted by atomic mass is 10.1. The molecule has 0 bridgehead atoms. The molecule has 0 fully saturated rings. The molecule has 0 atom stereocenters. The van der Waals surface area contributed by atoms with E-state index in [9.17, 15) is 4.79 Å². The number of ether oxygens (including phenoxy) is 1. The van der Waals surface area contributed by atoms with Crippen LogP contribution in [0.5, 0.6) is 5.75 Å². The topological polar surface area (TPSA) is 64.1 Å². The molecule has 30 heavy (non-hydrogen) atoms. The van der Waals surface area contributed by atoms with E-state index in [1.165, 1.54) is 22.7 Å². The number of hydrogen-bond donors (Lipinski definition) is 1. The van der Waals surface area contributed by atoms with Crippen molar-refractivity contribution in [2.45, 2.75) is 13.3 Å². The fourth-order valence-electron chi connectivity index (χ4n) is 2.93. The number of para-hydroxylation sites is 2. The number of methoxy groups -OCH3 is 1. The summed E-state index contributed by atoms with van der Waals surface area (Å²) in [5.41, 5.74) is 3.32. The molecule has 2 aromatic heterocycles. The highest BCUT2D eigenvalue weighted by molar-refractivity contribution is 8.93. The number of aryl methyl sites for hydroxylation is 1. The number of hydrogen-bond acceptors (Lipinski definition) is 7. The zero-order chi connectivity index (χ0) is 20.2. The summed E-state index contributed by atoms with van der Waals surface area (Å²) in [6.07, 6.45) is 0.298. The maximum absolute atomic E-state index is 12.5. The van der Waals surface area contributed by atoms with Crippen molar-refractivity contribution in [3.05, 3.63) is 76.2 Å². The highest BCUT2D eigenvalue weighted by atomic mass is 79.9. The average Bonchev–Trinajstić information content (AvgIpc) is 3.35. The van der Waals surface area contributed by atoms with Crippen LogP contribution >= 0.6 is 39.7 Å². The van der Waals surface area contributed by atoms with Crippen LogP contribution in [-0.4, -0.2) is 22.9 Å². The number of ketones is 1. The summed E-state index contributed by atoms with van der Waals surface area (Å²) in [7, 11) is 1.65. The van der Waals surface area contributed by atoms with Gasteiger partial charge in [-0.1, -0.05) is 42.5 Å². The number of anilines is 2. The van der Waals surface area contributed by atoms with E-state index in [0.717, 1.165) is 37.8 Å². The third-order valence-corrected chi connectivity index (χ3v) is 6.27. The fourth-order valence-corrected chi connectivity index (χ4v) is 4.74. The van der Waals surface area contributed by atoms with Crippen LogP contribution < -0.4 is 10.1 Å². The molecule has 0 spiro atoms. The molecule has 0 saturated heterocycles. The molecule has 8 heteroatoms. The van der Waals surface area contributed by atoms with E-state index in [0.29, 0.717) is 12.0 Å². The van der Waals surface area contributed by atoms with Gasteiger partial charge in [0.2, 0.25) is 0 Å². The van der Waals surface area contributed by atoms with Gasteiger partial charge in [0.25, 0.3) is 0 Å². The van der Waals surface area contributed by atoms with E-state index in [2.05, 4.69) is 10.3 Å². The SMILES string of the molecule is Br.COc1ccccc1Nc1nc(-c2sc(CC(=O)c3ccccc3)nc2C)cs1. The van der Waals surface area contributed by atoms with E-state index in [1.54, 1.807) is 7.11 Å². The van der Waals surface area contributed by atoms with Crippen molar-refractivity contribution in [2.24, 2.45) is 0 Å². The van der Waals surface area contributed by atoms with E-state index in [-0.39, 0.29) is 22.8 Å². The minimum absolute atomic E-state index is 0. The molecule has 4 rings (SSSR count). The summed E-state index contributed by atoms with van der Waals surface area (Å²) in [6.45, 7) is 1.95. The summed E-state index contributed by atoms with van der Waals surface area (Å²) in [6, 6.07) is 17.0. The van der Waals surface area contributed by atoms with Crippen molar-refractivity contribution in [3.8, 4) is 16.3 Å². The Balaban J connectivity index is 0.00000256. The number of rotatable bonds is 7. The van der Waals surface area contributed by atoms with Crippen LogP contribution in [-0.2, 0) is 6.42 Å². The predicted octanol–water partition coefficient (Wildman–Crippen LogP) is 6.33. The van der Waals surface area contributed by atoms with Crippen LogP contribution in [0.3, 0.4) is 0 Å². The number of carbonyl (C=O) groups is 1. The first-order valence-electron chi connectivity index (χ1n) is 9.04. The monoisotopic (exact) mass is 501 g/mol. The normalized spacial score (nSPS) is 10.3. The van der Waals surface area contributed by atoms with E-state index in [1.807, 2.05) is 66.9 Å². The van der Waals surface area contributed by atoms with Gasteiger partial charge in [-0.2, -0.15) is 0 Å². The number of halogens is 1.